The van der Waals surface area contributed by atoms with Crippen molar-refractivity contribution in [3.63, 3.8) is 0 Å². The first kappa shape index (κ1) is 32.0. The van der Waals surface area contributed by atoms with E-state index in [1.807, 2.05) is 58.8 Å². The van der Waals surface area contributed by atoms with Gasteiger partial charge in [0, 0.05) is 31.6 Å². The van der Waals surface area contributed by atoms with Gasteiger partial charge in [0.25, 0.3) is 0 Å². The van der Waals surface area contributed by atoms with Crippen LogP contribution in [-0.2, 0) is 14.9 Å². The molecular weight excluding hydrogens is 604 g/mol. The summed E-state index contributed by atoms with van der Waals surface area (Å²) in [5.41, 5.74) is 5.21. The lowest BCUT2D eigenvalue weighted by atomic mass is 9.95. The highest BCUT2D eigenvalue weighted by atomic mass is 16.6. The van der Waals surface area contributed by atoms with Crippen molar-refractivity contribution in [2.75, 3.05) is 19.6 Å². The van der Waals surface area contributed by atoms with Gasteiger partial charge in [-0.3, -0.25) is 0 Å². The molecule has 2 aromatic heterocycles. The molecule has 10 nitrogen and oxygen atoms in total. The van der Waals surface area contributed by atoms with Crippen LogP contribution in [0.15, 0.2) is 60.9 Å². The predicted octanol–water partition coefficient (Wildman–Crippen LogP) is 7.90. The number of rotatable bonds is 5. The van der Waals surface area contributed by atoms with Crippen molar-refractivity contribution in [1.82, 2.24) is 29.7 Å². The first-order valence-electron chi connectivity index (χ1n) is 17.1. The number of hydrogen-bond acceptors (Lipinski definition) is 6. The minimum atomic E-state index is -0.507. The lowest BCUT2D eigenvalue weighted by Gasteiger charge is -2.33. The summed E-state index contributed by atoms with van der Waals surface area (Å²) in [5.74, 6) is 2.03. The Bertz CT molecular complexity index is 1800. The van der Waals surface area contributed by atoms with Gasteiger partial charge < -0.3 is 29.2 Å². The zero-order valence-electron chi connectivity index (χ0n) is 28.8. The first-order chi connectivity index (χ1) is 22.8. The molecule has 2 saturated heterocycles. The van der Waals surface area contributed by atoms with Crippen LogP contribution in [0.25, 0.3) is 33.6 Å². The number of nitrogens with zero attached hydrogens (tertiary/aromatic N) is 4. The quantitative estimate of drug-likeness (QED) is 0.227. The Morgan fingerprint density at radius 3 is 1.96 bits per heavy atom. The average Bonchev–Trinajstić information content (AvgIpc) is 3.47. The number of fused-ring (bicyclic) bond motifs is 1. The predicted molar refractivity (Wildman–Crippen MR) is 184 cm³/mol. The third kappa shape index (κ3) is 6.44. The number of H-pyrrole nitrogens is 2. The summed E-state index contributed by atoms with van der Waals surface area (Å²) < 4.78 is 11.2. The molecule has 1 saturated carbocycles. The van der Waals surface area contributed by atoms with Crippen LogP contribution in [0.1, 0.15) is 84.8 Å². The topological polar surface area (TPSA) is 116 Å². The maximum Gasteiger partial charge on any atom is 0.410 e. The second-order valence-electron chi connectivity index (χ2n) is 15.5. The Morgan fingerprint density at radius 2 is 1.33 bits per heavy atom. The van der Waals surface area contributed by atoms with Gasteiger partial charge in [0.05, 0.1) is 29.2 Å². The minimum absolute atomic E-state index is 0.109. The molecule has 48 heavy (non-hydrogen) atoms. The SMILES string of the molecule is CC(C)(C)OC(=O)N1CCC(c2ncc(-c3ccc(-c4ccc(-c5cnc(C67CCCN(C(=O)OC(C)(C)C)C6C7)[nH]5)cc4)cc3)[nH]2)C1. The molecule has 0 bridgehead atoms. The third-order valence-electron chi connectivity index (χ3n) is 9.66. The van der Waals surface area contributed by atoms with E-state index in [0.717, 1.165) is 77.5 Å². The van der Waals surface area contributed by atoms with E-state index in [9.17, 15) is 9.59 Å². The van der Waals surface area contributed by atoms with E-state index in [-0.39, 0.29) is 29.6 Å². The van der Waals surface area contributed by atoms with Crippen molar-refractivity contribution < 1.29 is 19.1 Å². The van der Waals surface area contributed by atoms with Crippen LogP contribution in [0.2, 0.25) is 0 Å². The third-order valence-corrected chi connectivity index (χ3v) is 9.66. The van der Waals surface area contributed by atoms with Gasteiger partial charge in [-0.1, -0.05) is 48.5 Å². The first-order valence-corrected chi connectivity index (χ1v) is 17.1. The van der Waals surface area contributed by atoms with Crippen LogP contribution in [0, 0.1) is 0 Å². The standard InChI is InChI=1S/C38H46N6O4/c1-36(2,3)47-34(45)43-19-16-28(23-43)32-39-21-29(41-32)26-12-8-24(9-13-26)25-10-14-27(15-11-25)30-22-40-33(42-30)38-17-7-18-44(31(38)20-38)35(46)48-37(4,5)6/h8-15,21-22,28,31H,7,16-20,23H2,1-6H3,(H,39,41)(H,40,42). The molecule has 2 aromatic carbocycles. The van der Waals surface area contributed by atoms with Gasteiger partial charge in [-0.05, 0) is 89.5 Å². The molecule has 3 atom stereocenters. The number of aromatic nitrogens is 4. The van der Waals surface area contributed by atoms with Crippen molar-refractivity contribution in [3.05, 3.63) is 72.6 Å². The monoisotopic (exact) mass is 650 g/mol. The lowest BCUT2D eigenvalue weighted by Crippen LogP contribution is -2.44. The molecule has 7 rings (SSSR count). The van der Waals surface area contributed by atoms with E-state index >= 15 is 0 Å². The number of carbonyl (C=O) groups excluding carboxylic acids is 2. The number of piperidine rings is 1. The Balaban J connectivity index is 0.980. The molecule has 3 fully saturated rings. The molecule has 0 radical (unpaired) electrons. The molecule has 2 aliphatic heterocycles. The highest BCUT2D eigenvalue weighted by Crippen LogP contribution is 2.56. The Kier molecular flexibility index (Phi) is 7.88. The van der Waals surface area contributed by atoms with Crippen LogP contribution >= 0.6 is 0 Å². The molecular formula is C38H46N6O4. The zero-order valence-corrected chi connectivity index (χ0v) is 28.8. The number of imidazole rings is 2. The fraction of sp³-hybridized carbons (Fsp3) is 0.474. The van der Waals surface area contributed by atoms with E-state index in [4.69, 9.17) is 14.5 Å². The number of hydrogen-bond donors (Lipinski definition) is 2. The van der Waals surface area contributed by atoms with Crippen LogP contribution in [0.5, 0.6) is 0 Å². The summed E-state index contributed by atoms with van der Waals surface area (Å²) in [6.45, 7) is 13.4. The Hall–Kier alpha value is -4.60. The van der Waals surface area contributed by atoms with Crippen molar-refractivity contribution in [1.29, 1.82) is 0 Å². The molecule has 2 N–H and O–H groups in total. The van der Waals surface area contributed by atoms with Crippen molar-refractivity contribution in [3.8, 4) is 33.6 Å². The smallest absolute Gasteiger partial charge is 0.410 e. The van der Waals surface area contributed by atoms with E-state index in [0.29, 0.717) is 13.1 Å². The van der Waals surface area contributed by atoms with Gasteiger partial charge in [0.2, 0.25) is 0 Å². The van der Waals surface area contributed by atoms with Crippen molar-refractivity contribution in [2.45, 2.75) is 95.8 Å². The summed E-state index contributed by atoms with van der Waals surface area (Å²) in [7, 11) is 0. The zero-order chi connectivity index (χ0) is 33.8. The van der Waals surface area contributed by atoms with E-state index < -0.39 is 11.2 Å². The van der Waals surface area contributed by atoms with E-state index in [2.05, 4.69) is 63.5 Å². The molecule has 4 aromatic rings. The fourth-order valence-electron chi connectivity index (χ4n) is 7.17. The Labute approximate surface area is 282 Å². The highest BCUT2D eigenvalue weighted by Gasteiger charge is 2.63. The molecule has 4 heterocycles. The van der Waals surface area contributed by atoms with Gasteiger partial charge in [-0.25, -0.2) is 19.6 Å². The molecule has 3 aliphatic rings. The van der Waals surface area contributed by atoms with Gasteiger partial charge in [-0.15, -0.1) is 0 Å². The fourth-order valence-corrected chi connectivity index (χ4v) is 7.17. The second kappa shape index (κ2) is 11.8. The Morgan fingerprint density at radius 1 is 0.771 bits per heavy atom. The highest BCUT2D eigenvalue weighted by molar-refractivity contribution is 5.72. The summed E-state index contributed by atoms with van der Waals surface area (Å²) >= 11 is 0. The number of benzene rings is 2. The number of nitrogens with one attached hydrogen (secondary N) is 2. The summed E-state index contributed by atoms with van der Waals surface area (Å²) in [5, 5.41) is 0. The average molecular weight is 651 g/mol. The minimum Gasteiger partial charge on any atom is -0.444 e. The molecule has 252 valence electrons. The molecule has 1 aliphatic carbocycles. The maximum absolute atomic E-state index is 12.9. The lowest BCUT2D eigenvalue weighted by molar-refractivity contribution is 0.0180. The molecule has 0 spiro atoms. The van der Waals surface area contributed by atoms with Gasteiger partial charge in [0.1, 0.15) is 22.9 Å². The van der Waals surface area contributed by atoms with Crippen molar-refractivity contribution >= 4 is 12.2 Å². The summed E-state index contributed by atoms with van der Waals surface area (Å²) in [6.07, 6.45) is 7.03. The molecule has 10 heteroatoms. The normalized spacial score (nSPS) is 22.4. The number of likely N-dealkylation sites (tertiary alicyclic amines) is 2. The van der Waals surface area contributed by atoms with Crippen LogP contribution in [0.3, 0.4) is 0 Å². The number of aromatic amines is 2. The second-order valence-corrected chi connectivity index (χ2v) is 15.5. The largest absolute Gasteiger partial charge is 0.444 e. The van der Waals surface area contributed by atoms with Gasteiger partial charge >= 0.3 is 12.2 Å². The summed E-state index contributed by atoms with van der Waals surface area (Å²) in [6, 6.07) is 17.1. The van der Waals surface area contributed by atoms with Crippen LogP contribution in [0.4, 0.5) is 9.59 Å². The van der Waals surface area contributed by atoms with Crippen molar-refractivity contribution in [2.24, 2.45) is 0 Å². The van der Waals surface area contributed by atoms with E-state index in [1.54, 1.807) is 4.90 Å². The van der Waals surface area contributed by atoms with Gasteiger partial charge in [-0.2, -0.15) is 0 Å². The van der Waals surface area contributed by atoms with Crippen LogP contribution < -0.4 is 0 Å². The number of ether oxygens (including phenoxy) is 2. The van der Waals surface area contributed by atoms with Gasteiger partial charge in [0.15, 0.2) is 0 Å². The van der Waals surface area contributed by atoms with E-state index in [1.165, 1.54) is 0 Å². The molecule has 2 amide bonds. The maximum atomic E-state index is 12.9. The van der Waals surface area contributed by atoms with Crippen LogP contribution in [-0.4, -0.2) is 78.8 Å². The number of carbonyl (C=O) groups is 2. The summed E-state index contributed by atoms with van der Waals surface area (Å²) in [4.78, 5) is 45.6. The molecule has 3 unspecified atom stereocenters. The number of amides is 2.